The number of rotatable bonds is 8. The van der Waals surface area contributed by atoms with Crippen LogP contribution in [0.4, 0.5) is 24.0 Å². The lowest BCUT2D eigenvalue weighted by atomic mass is 10.1. The Labute approximate surface area is 188 Å². The lowest BCUT2D eigenvalue weighted by Crippen LogP contribution is -2.27. The zero-order valence-electron chi connectivity index (χ0n) is 17.9. The van der Waals surface area contributed by atoms with E-state index in [4.69, 9.17) is 4.74 Å². The van der Waals surface area contributed by atoms with E-state index in [1.165, 1.54) is 35.5 Å². The van der Waals surface area contributed by atoms with Crippen LogP contribution >= 0.6 is 11.3 Å². The number of alkyl halides is 3. The van der Waals surface area contributed by atoms with E-state index in [0.29, 0.717) is 29.7 Å². The number of thiazole rings is 1. The molecule has 3 rings (SSSR count). The number of benzene rings is 1. The summed E-state index contributed by atoms with van der Waals surface area (Å²) in [4.78, 5) is 24.9. The van der Waals surface area contributed by atoms with Gasteiger partial charge < -0.3 is 9.64 Å². The molecule has 170 valence electrons. The maximum Gasteiger partial charge on any atom is 0.416 e. The first-order chi connectivity index (χ1) is 15.2. The third kappa shape index (κ3) is 5.83. The molecule has 0 radical (unpaired) electrons. The molecule has 6 nitrogen and oxygen atoms in total. The monoisotopic (exact) mass is 464 g/mol. The molecule has 1 aromatic carbocycles. The number of anilines is 2. The van der Waals surface area contributed by atoms with Gasteiger partial charge in [-0.05, 0) is 51.3 Å². The van der Waals surface area contributed by atoms with Crippen LogP contribution in [0.3, 0.4) is 0 Å². The first-order valence-corrected chi connectivity index (χ1v) is 10.7. The fourth-order valence-corrected chi connectivity index (χ4v) is 3.89. The van der Waals surface area contributed by atoms with Crippen molar-refractivity contribution in [2.45, 2.75) is 19.0 Å². The highest BCUT2D eigenvalue weighted by molar-refractivity contribution is 7.14. The van der Waals surface area contributed by atoms with Crippen LogP contribution in [0, 0.1) is 0 Å². The maximum atomic E-state index is 13.3. The van der Waals surface area contributed by atoms with E-state index in [2.05, 4.69) is 9.97 Å². The third-order valence-corrected chi connectivity index (χ3v) is 5.43. The number of carbonyl (C=O) groups is 1. The minimum absolute atomic E-state index is 0.128. The third-order valence-electron chi connectivity index (χ3n) is 4.60. The smallest absolute Gasteiger partial charge is 0.416 e. The SMILES string of the molecule is COc1cc(-c2csc(N(C(=O)CCCN(C)C)c3cccc(C(F)(F)F)c3)n2)ccn1. The maximum absolute atomic E-state index is 13.3. The number of methoxy groups -OCH3 is 1. The second-order valence-electron chi connectivity index (χ2n) is 7.29. The number of halogens is 3. The van der Waals surface area contributed by atoms with Crippen molar-refractivity contribution < 1.29 is 22.7 Å². The van der Waals surface area contributed by atoms with Gasteiger partial charge in [-0.25, -0.2) is 9.97 Å². The fourth-order valence-electron chi connectivity index (χ4n) is 3.02. The number of ether oxygens (including phenoxy) is 1. The van der Waals surface area contributed by atoms with Crippen molar-refractivity contribution >= 4 is 28.1 Å². The van der Waals surface area contributed by atoms with Crippen molar-refractivity contribution in [2.24, 2.45) is 0 Å². The Morgan fingerprint density at radius 3 is 2.66 bits per heavy atom. The molecule has 0 aliphatic heterocycles. The molecule has 0 aliphatic carbocycles. The van der Waals surface area contributed by atoms with Crippen molar-refractivity contribution in [3.8, 4) is 17.1 Å². The highest BCUT2D eigenvalue weighted by Crippen LogP contribution is 2.36. The predicted molar refractivity (Wildman–Crippen MR) is 118 cm³/mol. The Hall–Kier alpha value is -2.98. The number of amides is 1. The first-order valence-electron chi connectivity index (χ1n) is 9.80. The van der Waals surface area contributed by atoms with Gasteiger partial charge in [0.25, 0.3) is 0 Å². The summed E-state index contributed by atoms with van der Waals surface area (Å²) in [5.74, 6) is 0.0888. The van der Waals surface area contributed by atoms with Crippen LogP contribution in [0.25, 0.3) is 11.3 Å². The van der Waals surface area contributed by atoms with Crippen LogP contribution in [0.1, 0.15) is 18.4 Å². The zero-order valence-corrected chi connectivity index (χ0v) is 18.7. The van der Waals surface area contributed by atoms with Crippen LogP contribution in [0.5, 0.6) is 5.88 Å². The Bertz CT molecular complexity index is 1070. The number of carbonyl (C=O) groups excluding carboxylic acids is 1. The lowest BCUT2D eigenvalue weighted by Gasteiger charge is -2.21. The van der Waals surface area contributed by atoms with Crippen LogP contribution in [-0.4, -0.2) is 48.5 Å². The van der Waals surface area contributed by atoms with Crippen LogP contribution in [0.15, 0.2) is 48.0 Å². The van der Waals surface area contributed by atoms with Crippen molar-refractivity contribution in [3.05, 3.63) is 53.5 Å². The fraction of sp³-hybridized carbons (Fsp3) is 0.318. The van der Waals surface area contributed by atoms with Crippen molar-refractivity contribution in [3.63, 3.8) is 0 Å². The Balaban J connectivity index is 1.98. The van der Waals surface area contributed by atoms with Gasteiger partial charge in [0.05, 0.1) is 24.1 Å². The molecule has 0 bridgehead atoms. The van der Waals surface area contributed by atoms with Crippen molar-refractivity contribution in [2.75, 3.05) is 32.6 Å². The van der Waals surface area contributed by atoms with Crippen LogP contribution in [-0.2, 0) is 11.0 Å². The highest BCUT2D eigenvalue weighted by Gasteiger charge is 2.32. The molecule has 0 aliphatic rings. The first kappa shape index (κ1) is 23.7. The average Bonchev–Trinajstić information content (AvgIpc) is 3.23. The molecular formula is C22H23F3N4O2S. The molecule has 0 spiro atoms. The summed E-state index contributed by atoms with van der Waals surface area (Å²) in [5.41, 5.74) is 0.604. The topological polar surface area (TPSA) is 58.6 Å². The summed E-state index contributed by atoms with van der Waals surface area (Å²) in [6, 6.07) is 8.17. The van der Waals surface area contributed by atoms with E-state index in [1.807, 2.05) is 19.0 Å². The van der Waals surface area contributed by atoms with Gasteiger partial charge in [-0.1, -0.05) is 6.07 Å². The van der Waals surface area contributed by atoms with Gasteiger partial charge in [0.15, 0.2) is 5.13 Å². The minimum atomic E-state index is -4.52. The molecule has 2 heterocycles. The molecular weight excluding hydrogens is 441 g/mol. The van der Waals surface area contributed by atoms with Gasteiger partial charge >= 0.3 is 6.18 Å². The predicted octanol–water partition coefficient (Wildman–Crippen LogP) is 5.24. The summed E-state index contributed by atoms with van der Waals surface area (Å²) in [5, 5.41) is 2.04. The Morgan fingerprint density at radius 2 is 1.97 bits per heavy atom. The molecule has 1 amide bonds. The lowest BCUT2D eigenvalue weighted by molar-refractivity contribution is -0.137. The van der Waals surface area contributed by atoms with E-state index in [0.717, 1.165) is 17.7 Å². The quantitative estimate of drug-likeness (QED) is 0.456. The van der Waals surface area contributed by atoms with E-state index in [9.17, 15) is 18.0 Å². The van der Waals surface area contributed by atoms with Gasteiger partial charge in [-0.3, -0.25) is 9.69 Å². The largest absolute Gasteiger partial charge is 0.481 e. The van der Waals surface area contributed by atoms with Gasteiger partial charge in [0.1, 0.15) is 0 Å². The molecule has 0 N–H and O–H groups in total. The number of hydrogen-bond donors (Lipinski definition) is 0. The summed E-state index contributed by atoms with van der Waals surface area (Å²) in [6.45, 7) is 0.683. The molecule has 0 fully saturated rings. The van der Waals surface area contributed by atoms with Gasteiger partial charge in [0, 0.05) is 29.6 Å². The summed E-state index contributed by atoms with van der Waals surface area (Å²) in [7, 11) is 5.29. The van der Waals surface area contributed by atoms with Gasteiger partial charge in [-0.15, -0.1) is 11.3 Å². The molecule has 0 saturated heterocycles. The molecule has 3 aromatic rings. The zero-order chi connectivity index (χ0) is 23.3. The van der Waals surface area contributed by atoms with E-state index < -0.39 is 11.7 Å². The molecule has 32 heavy (non-hydrogen) atoms. The minimum Gasteiger partial charge on any atom is -0.481 e. The number of aromatic nitrogens is 2. The highest BCUT2D eigenvalue weighted by atomic mass is 32.1. The molecule has 0 saturated carbocycles. The van der Waals surface area contributed by atoms with Crippen LogP contribution < -0.4 is 9.64 Å². The van der Waals surface area contributed by atoms with Gasteiger partial charge in [-0.2, -0.15) is 13.2 Å². The summed E-state index contributed by atoms with van der Waals surface area (Å²) < 4.78 is 45.0. The molecule has 2 aromatic heterocycles. The Morgan fingerprint density at radius 1 is 1.19 bits per heavy atom. The summed E-state index contributed by atoms with van der Waals surface area (Å²) >= 11 is 1.18. The average molecular weight is 465 g/mol. The second kappa shape index (κ2) is 10.1. The molecule has 0 unspecified atom stereocenters. The molecule has 0 atom stereocenters. The van der Waals surface area contributed by atoms with E-state index in [-0.39, 0.29) is 18.0 Å². The van der Waals surface area contributed by atoms with Gasteiger partial charge in [0.2, 0.25) is 11.8 Å². The van der Waals surface area contributed by atoms with Crippen LogP contribution in [0.2, 0.25) is 0 Å². The number of nitrogens with zero attached hydrogens (tertiary/aromatic N) is 4. The Kier molecular flexibility index (Phi) is 7.47. The number of hydrogen-bond acceptors (Lipinski definition) is 6. The number of pyridine rings is 1. The van der Waals surface area contributed by atoms with E-state index >= 15 is 0 Å². The standard InChI is InChI=1S/C22H23F3N4O2S/c1-28(2)11-5-8-20(30)29(17-7-4-6-16(13-17)22(23,24)25)21-27-18(14-32-21)15-9-10-26-19(12-15)31-3/h4,6-7,9-10,12-14H,5,8,11H2,1-3H3. The summed E-state index contributed by atoms with van der Waals surface area (Å²) in [6.07, 6.45) is -2.20. The molecule has 10 heteroatoms. The van der Waals surface area contributed by atoms with Crippen molar-refractivity contribution in [1.29, 1.82) is 0 Å². The normalized spacial score (nSPS) is 11.6. The van der Waals surface area contributed by atoms with Crippen molar-refractivity contribution in [1.82, 2.24) is 14.9 Å². The van der Waals surface area contributed by atoms with E-state index in [1.54, 1.807) is 23.7 Å². The second-order valence-corrected chi connectivity index (χ2v) is 8.12.